The van der Waals surface area contributed by atoms with Gasteiger partial charge in [0.05, 0.1) is 13.4 Å². The van der Waals surface area contributed by atoms with Crippen LogP contribution >= 0.6 is 0 Å². The zero-order chi connectivity index (χ0) is 19.5. The summed E-state index contributed by atoms with van der Waals surface area (Å²) in [5.41, 5.74) is 2.47. The summed E-state index contributed by atoms with van der Waals surface area (Å²) >= 11 is 0. The molecule has 0 fully saturated rings. The Labute approximate surface area is 156 Å². The van der Waals surface area contributed by atoms with Crippen LogP contribution in [0.15, 0.2) is 36.4 Å². The fourth-order valence-corrected chi connectivity index (χ4v) is 3.23. The van der Waals surface area contributed by atoms with Crippen LogP contribution in [0.5, 0.6) is 17.2 Å². The van der Waals surface area contributed by atoms with E-state index in [9.17, 15) is 8.42 Å². The summed E-state index contributed by atoms with van der Waals surface area (Å²) in [7, 11) is -1.72. The highest BCUT2D eigenvalue weighted by atomic mass is 32.2. The van der Waals surface area contributed by atoms with Crippen LogP contribution in [-0.2, 0) is 10.0 Å². The van der Waals surface area contributed by atoms with Crippen LogP contribution < -0.4 is 14.2 Å². The molecule has 0 aliphatic heterocycles. The minimum atomic E-state index is -3.35. The fraction of sp³-hybridized carbons (Fsp3) is 0.400. The molecule has 0 bridgehead atoms. The third kappa shape index (κ3) is 5.14. The van der Waals surface area contributed by atoms with Crippen molar-refractivity contribution in [1.82, 2.24) is 0 Å². The molecule has 0 unspecified atom stereocenters. The zero-order valence-electron chi connectivity index (χ0n) is 16.2. The van der Waals surface area contributed by atoms with Crippen molar-refractivity contribution >= 4 is 15.7 Å². The molecule has 2 aromatic carbocycles. The highest BCUT2D eigenvalue weighted by molar-refractivity contribution is 7.92. The Bertz CT molecular complexity index is 827. The second-order valence-corrected chi connectivity index (χ2v) is 8.69. The first-order valence-corrected chi connectivity index (χ1v) is 10.5. The first-order valence-electron chi connectivity index (χ1n) is 8.58. The predicted octanol–water partition coefficient (Wildman–Crippen LogP) is 5.11. The maximum absolute atomic E-state index is 11.6. The summed E-state index contributed by atoms with van der Waals surface area (Å²) in [6.07, 6.45) is 1.15. The number of hydrogen-bond donors (Lipinski definition) is 1. The number of benzene rings is 2. The largest absolute Gasteiger partial charge is 0.497 e. The lowest BCUT2D eigenvalue weighted by Crippen LogP contribution is -2.11. The van der Waals surface area contributed by atoms with E-state index in [-0.39, 0.29) is 11.8 Å². The van der Waals surface area contributed by atoms with E-state index in [0.717, 1.165) is 28.9 Å². The van der Waals surface area contributed by atoms with Crippen molar-refractivity contribution in [3.63, 3.8) is 0 Å². The number of anilines is 1. The lowest BCUT2D eigenvalue weighted by molar-refractivity contribution is 0.412. The van der Waals surface area contributed by atoms with Crippen molar-refractivity contribution in [2.24, 2.45) is 0 Å². The van der Waals surface area contributed by atoms with Gasteiger partial charge in [0, 0.05) is 5.69 Å². The summed E-state index contributed by atoms with van der Waals surface area (Å²) in [6.45, 7) is 8.24. The monoisotopic (exact) mass is 377 g/mol. The summed E-state index contributed by atoms with van der Waals surface area (Å²) in [6, 6.07) is 11.1. The van der Waals surface area contributed by atoms with E-state index < -0.39 is 10.0 Å². The van der Waals surface area contributed by atoms with Crippen molar-refractivity contribution in [2.45, 2.75) is 39.5 Å². The molecule has 0 atom stereocenters. The number of rotatable bonds is 7. The quantitative estimate of drug-likeness (QED) is 0.728. The SMILES string of the molecule is COc1ccc(Oc2c(C(C)C)cc(NS(C)(=O)=O)cc2C(C)C)cc1. The van der Waals surface area contributed by atoms with E-state index >= 15 is 0 Å². The van der Waals surface area contributed by atoms with Gasteiger partial charge in [0.1, 0.15) is 17.2 Å². The van der Waals surface area contributed by atoms with Gasteiger partial charge < -0.3 is 9.47 Å². The second kappa shape index (κ2) is 7.99. The van der Waals surface area contributed by atoms with Crippen molar-refractivity contribution in [1.29, 1.82) is 0 Å². The molecule has 0 saturated heterocycles. The van der Waals surface area contributed by atoms with Gasteiger partial charge in [0.25, 0.3) is 0 Å². The van der Waals surface area contributed by atoms with Crippen LogP contribution in [0.2, 0.25) is 0 Å². The van der Waals surface area contributed by atoms with Crippen LogP contribution in [0.4, 0.5) is 5.69 Å². The minimum absolute atomic E-state index is 0.169. The average molecular weight is 378 g/mol. The van der Waals surface area contributed by atoms with Crippen LogP contribution in [0.3, 0.4) is 0 Å². The zero-order valence-corrected chi connectivity index (χ0v) is 17.0. The van der Waals surface area contributed by atoms with Gasteiger partial charge in [0.2, 0.25) is 10.0 Å². The lowest BCUT2D eigenvalue weighted by Gasteiger charge is -2.22. The molecule has 2 aromatic rings. The molecule has 0 heterocycles. The number of nitrogens with one attached hydrogen (secondary N) is 1. The molecule has 0 saturated carbocycles. The molecule has 0 aliphatic carbocycles. The van der Waals surface area contributed by atoms with Crippen molar-refractivity contribution < 1.29 is 17.9 Å². The second-order valence-electron chi connectivity index (χ2n) is 6.95. The fourth-order valence-electron chi connectivity index (χ4n) is 2.68. The molecule has 0 aliphatic rings. The van der Waals surface area contributed by atoms with Crippen LogP contribution in [-0.4, -0.2) is 21.8 Å². The van der Waals surface area contributed by atoms with Gasteiger partial charge in [0.15, 0.2) is 0 Å². The Morgan fingerprint density at radius 3 is 1.73 bits per heavy atom. The Morgan fingerprint density at radius 2 is 1.35 bits per heavy atom. The molecule has 0 radical (unpaired) electrons. The summed E-state index contributed by atoms with van der Waals surface area (Å²) < 4.78 is 37.3. The summed E-state index contributed by atoms with van der Waals surface area (Å²) in [4.78, 5) is 0. The van der Waals surface area contributed by atoms with E-state index in [4.69, 9.17) is 9.47 Å². The lowest BCUT2D eigenvalue weighted by atomic mass is 9.93. The smallest absolute Gasteiger partial charge is 0.229 e. The van der Waals surface area contributed by atoms with Gasteiger partial charge in [-0.1, -0.05) is 27.7 Å². The maximum Gasteiger partial charge on any atom is 0.229 e. The van der Waals surface area contributed by atoms with Gasteiger partial charge in [-0.25, -0.2) is 8.42 Å². The van der Waals surface area contributed by atoms with Gasteiger partial charge in [-0.3, -0.25) is 4.72 Å². The highest BCUT2D eigenvalue weighted by Gasteiger charge is 2.19. The molecule has 142 valence electrons. The van der Waals surface area contributed by atoms with Crippen molar-refractivity contribution in [3.05, 3.63) is 47.5 Å². The standard InChI is InChI=1S/C20H27NO4S/c1-13(2)18-11-15(21-26(6,22)23)12-19(14(3)4)20(18)25-17-9-7-16(24-5)8-10-17/h7-14,21H,1-6H3. The molecule has 26 heavy (non-hydrogen) atoms. The van der Waals surface area contributed by atoms with Gasteiger partial charge in [-0.05, 0) is 59.4 Å². The third-order valence-electron chi connectivity index (χ3n) is 3.97. The molecule has 1 N–H and O–H groups in total. The van der Waals surface area contributed by atoms with Gasteiger partial charge in [-0.15, -0.1) is 0 Å². The summed E-state index contributed by atoms with van der Waals surface area (Å²) in [5.74, 6) is 2.58. The third-order valence-corrected chi connectivity index (χ3v) is 4.58. The van der Waals surface area contributed by atoms with Gasteiger partial charge in [-0.2, -0.15) is 0 Å². The molecular formula is C20H27NO4S. The number of ether oxygens (including phenoxy) is 2. The number of sulfonamides is 1. The van der Waals surface area contributed by atoms with E-state index in [1.54, 1.807) is 7.11 Å². The van der Waals surface area contributed by atoms with Crippen LogP contribution in [0.1, 0.15) is 50.7 Å². The van der Waals surface area contributed by atoms with Crippen molar-refractivity contribution in [3.8, 4) is 17.2 Å². The van der Waals surface area contributed by atoms with Crippen LogP contribution in [0.25, 0.3) is 0 Å². The number of hydrogen-bond acceptors (Lipinski definition) is 4. The van der Waals surface area contributed by atoms with E-state index in [0.29, 0.717) is 11.4 Å². The first-order chi connectivity index (χ1) is 12.1. The number of methoxy groups -OCH3 is 1. The molecule has 6 heteroatoms. The average Bonchev–Trinajstić information content (AvgIpc) is 2.54. The molecular weight excluding hydrogens is 350 g/mol. The predicted molar refractivity (Wildman–Crippen MR) is 106 cm³/mol. The van der Waals surface area contributed by atoms with E-state index in [2.05, 4.69) is 32.4 Å². The Balaban J connectivity index is 2.54. The molecule has 2 rings (SSSR count). The molecule has 0 amide bonds. The van der Waals surface area contributed by atoms with Crippen LogP contribution in [0, 0.1) is 0 Å². The first kappa shape index (κ1) is 20.1. The Kier molecular flexibility index (Phi) is 6.18. The van der Waals surface area contributed by atoms with E-state index in [1.807, 2.05) is 36.4 Å². The molecule has 5 nitrogen and oxygen atoms in total. The minimum Gasteiger partial charge on any atom is -0.497 e. The highest BCUT2D eigenvalue weighted by Crippen LogP contribution is 2.40. The topological polar surface area (TPSA) is 64.6 Å². The Morgan fingerprint density at radius 1 is 0.885 bits per heavy atom. The molecule has 0 aromatic heterocycles. The Hall–Kier alpha value is -2.21. The van der Waals surface area contributed by atoms with Crippen molar-refractivity contribution in [2.75, 3.05) is 18.1 Å². The normalized spacial score (nSPS) is 11.7. The maximum atomic E-state index is 11.6. The summed E-state index contributed by atoms with van der Waals surface area (Å²) in [5, 5.41) is 0. The molecule has 0 spiro atoms. The van der Waals surface area contributed by atoms with Gasteiger partial charge >= 0.3 is 0 Å². The van der Waals surface area contributed by atoms with E-state index in [1.165, 1.54) is 0 Å².